The van der Waals surface area contributed by atoms with Gasteiger partial charge in [0.25, 0.3) is 0 Å². The fraction of sp³-hybridized carbons (Fsp3) is 0.545. The highest BCUT2D eigenvalue weighted by Crippen LogP contribution is 2.26. The van der Waals surface area contributed by atoms with E-state index in [4.69, 9.17) is 11.6 Å². The van der Waals surface area contributed by atoms with Gasteiger partial charge in [0.1, 0.15) is 0 Å². The van der Waals surface area contributed by atoms with E-state index in [-0.39, 0.29) is 6.04 Å². The molecule has 2 aromatic heterocycles. The zero-order valence-electron chi connectivity index (χ0n) is 10.6. The summed E-state index contributed by atoms with van der Waals surface area (Å²) in [6.07, 6.45) is 2.58. The summed E-state index contributed by atoms with van der Waals surface area (Å²) < 4.78 is 5.85. The number of aromatic nitrogens is 4. The first-order valence-electron chi connectivity index (χ1n) is 5.83. The van der Waals surface area contributed by atoms with Crippen LogP contribution in [0.5, 0.6) is 0 Å². The second kappa shape index (κ2) is 5.77. The Hall–Kier alpha value is -0.980. The normalized spacial score (nSPS) is 12.9. The lowest BCUT2D eigenvalue weighted by Gasteiger charge is -2.14. The Morgan fingerprint density at radius 3 is 2.89 bits per heavy atom. The van der Waals surface area contributed by atoms with Crippen molar-refractivity contribution in [2.75, 3.05) is 7.05 Å². The van der Waals surface area contributed by atoms with E-state index in [1.165, 1.54) is 11.5 Å². The Bertz CT molecular complexity index is 508. The van der Waals surface area contributed by atoms with Crippen molar-refractivity contribution in [2.24, 2.45) is 0 Å². The third-order valence-corrected chi connectivity index (χ3v) is 4.19. The van der Waals surface area contributed by atoms with E-state index in [2.05, 4.69) is 26.9 Å². The molecule has 0 saturated carbocycles. The number of halogens is 1. The highest BCUT2D eigenvalue weighted by molar-refractivity contribution is 7.05. The zero-order valence-corrected chi connectivity index (χ0v) is 12.2. The van der Waals surface area contributed by atoms with Gasteiger partial charge in [-0.05, 0) is 32.4 Å². The molecule has 2 rings (SSSR count). The second-order valence-corrected chi connectivity index (χ2v) is 5.22. The van der Waals surface area contributed by atoms with Crippen molar-refractivity contribution in [1.29, 1.82) is 0 Å². The molecule has 5 nitrogen and oxygen atoms in total. The van der Waals surface area contributed by atoms with Gasteiger partial charge in [0.05, 0.1) is 33.5 Å². The second-order valence-electron chi connectivity index (χ2n) is 4.03. The molecular formula is C11H16ClN5S. The van der Waals surface area contributed by atoms with Gasteiger partial charge < -0.3 is 5.32 Å². The molecule has 0 aliphatic heterocycles. The van der Waals surface area contributed by atoms with Crippen LogP contribution in [0.4, 0.5) is 0 Å². The average Bonchev–Trinajstić information content (AvgIpc) is 2.98. The van der Waals surface area contributed by atoms with E-state index in [0.717, 1.165) is 34.3 Å². The monoisotopic (exact) mass is 285 g/mol. The van der Waals surface area contributed by atoms with E-state index < -0.39 is 0 Å². The number of likely N-dealkylation sites (N-methyl/N-ethyl adjacent to an activating group) is 1. The van der Waals surface area contributed by atoms with Crippen LogP contribution >= 0.6 is 23.1 Å². The minimum atomic E-state index is 0.170. The molecule has 1 atom stereocenters. The lowest BCUT2D eigenvalue weighted by Crippen LogP contribution is -2.19. The van der Waals surface area contributed by atoms with Gasteiger partial charge in [-0.25, -0.2) is 0 Å². The predicted molar refractivity (Wildman–Crippen MR) is 73.1 cm³/mol. The summed E-state index contributed by atoms with van der Waals surface area (Å²) in [5.74, 6) is 0. The molecule has 0 amide bonds. The molecule has 0 aliphatic rings. The van der Waals surface area contributed by atoms with Gasteiger partial charge in [0.2, 0.25) is 0 Å². The van der Waals surface area contributed by atoms with Gasteiger partial charge in [-0.3, -0.25) is 4.68 Å². The number of rotatable bonds is 5. The van der Waals surface area contributed by atoms with Gasteiger partial charge in [-0.1, -0.05) is 16.1 Å². The average molecular weight is 286 g/mol. The fourth-order valence-corrected chi connectivity index (χ4v) is 2.75. The lowest BCUT2D eigenvalue weighted by atomic mass is 10.1. The van der Waals surface area contributed by atoms with Crippen LogP contribution in [0.25, 0.3) is 0 Å². The molecule has 0 bridgehead atoms. The summed E-state index contributed by atoms with van der Waals surface area (Å²) in [7, 11) is 1.93. The summed E-state index contributed by atoms with van der Waals surface area (Å²) in [4.78, 5) is 1.11. The number of hydrogen-bond donors (Lipinski definition) is 1. The first-order chi connectivity index (χ1) is 8.67. The highest BCUT2D eigenvalue weighted by Gasteiger charge is 2.19. The van der Waals surface area contributed by atoms with Crippen molar-refractivity contribution < 1.29 is 0 Å². The van der Waals surface area contributed by atoms with Crippen molar-refractivity contribution in [2.45, 2.75) is 32.9 Å². The Labute approximate surface area is 115 Å². The van der Waals surface area contributed by atoms with Crippen molar-refractivity contribution in [3.05, 3.63) is 27.5 Å². The summed E-state index contributed by atoms with van der Waals surface area (Å²) in [5, 5.41) is 12.3. The largest absolute Gasteiger partial charge is 0.312 e. The minimum Gasteiger partial charge on any atom is -0.312 e. The number of nitrogens with zero attached hydrogens (tertiary/aromatic N) is 4. The van der Waals surface area contributed by atoms with Crippen LogP contribution in [-0.4, -0.2) is 26.4 Å². The third-order valence-electron chi connectivity index (χ3n) is 2.92. The standard InChI is InChI=1S/C11H16ClN5S/c1-4-17-9(11(12)7(2)15-17)5-8(13-3)10-6-14-16-18-10/h6,8,13H,4-5H2,1-3H3. The molecule has 0 spiro atoms. The maximum absolute atomic E-state index is 6.32. The molecule has 0 radical (unpaired) electrons. The lowest BCUT2D eigenvalue weighted by molar-refractivity contribution is 0.546. The van der Waals surface area contributed by atoms with Crippen LogP contribution < -0.4 is 5.32 Å². The molecule has 18 heavy (non-hydrogen) atoms. The van der Waals surface area contributed by atoms with E-state index in [0.29, 0.717) is 0 Å². The molecular weight excluding hydrogens is 270 g/mol. The summed E-state index contributed by atoms with van der Waals surface area (Å²) >= 11 is 7.72. The van der Waals surface area contributed by atoms with E-state index >= 15 is 0 Å². The van der Waals surface area contributed by atoms with Gasteiger partial charge >= 0.3 is 0 Å². The Morgan fingerprint density at radius 2 is 2.33 bits per heavy atom. The Balaban J connectivity index is 2.27. The molecule has 2 heterocycles. The van der Waals surface area contributed by atoms with Gasteiger partial charge in [0.15, 0.2) is 0 Å². The molecule has 0 fully saturated rings. The fourth-order valence-electron chi connectivity index (χ4n) is 1.93. The molecule has 1 unspecified atom stereocenters. The topological polar surface area (TPSA) is 55.6 Å². The molecule has 1 N–H and O–H groups in total. The first kappa shape index (κ1) is 13.5. The molecule has 7 heteroatoms. The van der Waals surface area contributed by atoms with Crippen LogP contribution in [-0.2, 0) is 13.0 Å². The van der Waals surface area contributed by atoms with Gasteiger partial charge in [-0.15, -0.1) is 5.10 Å². The molecule has 98 valence electrons. The van der Waals surface area contributed by atoms with Gasteiger partial charge in [-0.2, -0.15) is 5.10 Å². The molecule has 0 saturated heterocycles. The number of nitrogens with one attached hydrogen (secondary N) is 1. The maximum Gasteiger partial charge on any atom is 0.0847 e. The van der Waals surface area contributed by atoms with Crippen molar-refractivity contribution >= 4 is 23.1 Å². The number of aryl methyl sites for hydroxylation is 2. The summed E-state index contributed by atoms with van der Waals surface area (Å²) in [5.41, 5.74) is 1.94. The third kappa shape index (κ3) is 2.55. The first-order valence-corrected chi connectivity index (χ1v) is 6.98. The van der Waals surface area contributed by atoms with Crippen LogP contribution in [0.1, 0.15) is 29.2 Å². The van der Waals surface area contributed by atoms with Crippen LogP contribution in [0.2, 0.25) is 5.02 Å². The number of hydrogen-bond acceptors (Lipinski definition) is 5. The van der Waals surface area contributed by atoms with Gasteiger partial charge in [0, 0.05) is 13.0 Å². The Morgan fingerprint density at radius 1 is 1.56 bits per heavy atom. The predicted octanol–water partition coefficient (Wildman–Crippen LogP) is 2.22. The summed E-state index contributed by atoms with van der Waals surface area (Å²) in [6, 6.07) is 0.170. The SMILES string of the molecule is CCn1nc(C)c(Cl)c1CC(NC)c1cnns1. The van der Waals surface area contributed by atoms with E-state index in [1.54, 1.807) is 6.20 Å². The van der Waals surface area contributed by atoms with E-state index in [1.807, 2.05) is 18.7 Å². The van der Waals surface area contributed by atoms with Crippen molar-refractivity contribution in [3.63, 3.8) is 0 Å². The summed E-state index contributed by atoms with van der Waals surface area (Å²) in [6.45, 7) is 4.82. The molecule has 0 aliphatic carbocycles. The Kier molecular flexibility index (Phi) is 4.31. The van der Waals surface area contributed by atoms with E-state index in [9.17, 15) is 0 Å². The minimum absolute atomic E-state index is 0.170. The quantitative estimate of drug-likeness (QED) is 0.915. The maximum atomic E-state index is 6.32. The van der Waals surface area contributed by atoms with Crippen LogP contribution in [0.3, 0.4) is 0 Å². The van der Waals surface area contributed by atoms with Crippen LogP contribution in [0, 0.1) is 6.92 Å². The van der Waals surface area contributed by atoms with Crippen molar-refractivity contribution in [3.8, 4) is 0 Å². The highest BCUT2D eigenvalue weighted by atomic mass is 35.5. The van der Waals surface area contributed by atoms with Crippen LogP contribution in [0.15, 0.2) is 6.20 Å². The van der Waals surface area contributed by atoms with Crippen molar-refractivity contribution in [1.82, 2.24) is 24.7 Å². The zero-order chi connectivity index (χ0) is 13.1. The smallest absolute Gasteiger partial charge is 0.0847 e. The molecule has 2 aromatic rings. The molecule has 0 aromatic carbocycles.